The van der Waals surface area contributed by atoms with Crippen LogP contribution < -0.4 is 0 Å². The van der Waals surface area contributed by atoms with Crippen molar-refractivity contribution in [3.05, 3.63) is 66.3 Å². The number of hydrogen-bond acceptors (Lipinski definition) is 5. The lowest BCUT2D eigenvalue weighted by Crippen LogP contribution is -2.08. The maximum absolute atomic E-state index is 5.92. The molecule has 4 aromatic rings. The van der Waals surface area contributed by atoms with Crippen LogP contribution >= 0.6 is 0 Å². The molecule has 0 saturated heterocycles. The molecule has 0 spiro atoms. The minimum atomic E-state index is -0.159. The lowest BCUT2D eigenvalue weighted by molar-refractivity contribution is 0.342. The quantitative estimate of drug-likeness (QED) is 0.524. The smallest absolute Gasteiger partial charge is 0.249 e. The Morgan fingerprint density at radius 1 is 1.12 bits per heavy atom. The van der Waals surface area contributed by atoms with Crippen molar-refractivity contribution in [1.82, 2.24) is 19.7 Å². The molecule has 0 unspecified atom stereocenters. The van der Waals surface area contributed by atoms with E-state index in [0.717, 1.165) is 34.9 Å². The predicted octanol–water partition coefficient (Wildman–Crippen LogP) is 4.67. The summed E-state index contributed by atoms with van der Waals surface area (Å²) >= 11 is 0. The van der Waals surface area contributed by atoms with Gasteiger partial charge in [0.2, 0.25) is 5.89 Å². The van der Waals surface area contributed by atoms with Crippen molar-refractivity contribution >= 4 is 0 Å². The number of aromatic nitrogens is 4. The first-order chi connectivity index (χ1) is 12.7. The van der Waals surface area contributed by atoms with Gasteiger partial charge in [-0.05, 0) is 26.0 Å². The van der Waals surface area contributed by atoms with E-state index in [-0.39, 0.29) is 6.04 Å². The third kappa shape index (κ3) is 2.83. The molecule has 0 saturated carbocycles. The molecular weight excluding hydrogens is 328 g/mol. The van der Waals surface area contributed by atoms with Gasteiger partial charge in [-0.1, -0.05) is 42.4 Å². The zero-order chi connectivity index (χ0) is 18.1. The summed E-state index contributed by atoms with van der Waals surface area (Å²) in [5.74, 6) is 2.88. The van der Waals surface area contributed by atoms with E-state index in [2.05, 4.69) is 15.1 Å². The molecule has 0 amide bonds. The maximum Gasteiger partial charge on any atom is 0.249 e. The lowest BCUT2D eigenvalue weighted by atomic mass is 10.1. The van der Waals surface area contributed by atoms with Gasteiger partial charge in [-0.2, -0.15) is 4.98 Å². The number of rotatable bonds is 5. The Balaban J connectivity index is 1.86. The molecule has 0 aliphatic rings. The monoisotopic (exact) mass is 348 g/mol. The van der Waals surface area contributed by atoms with Crippen molar-refractivity contribution in [2.45, 2.75) is 33.2 Å². The van der Waals surface area contributed by atoms with Gasteiger partial charge in [0.1, 0.15) is 17.5 Å². The number of nitrogens with zero attached hydrogens (tertiary/aromatic N) is 4. The average molecular weight is 348 g/mol. The first kappa shape index (κ1) is 16.3. The zero-order valence-corrected chi connectivity index (χ0v) is 15.0. The summed E-state index contributed by atoms with van der Waals surface area (Å²) in [6.07, 6.45) is 2.54. The van der Waals surface area contributed by atoms with Gasteiger partial charge in [0.25, 0.3) is 0 Å². The van der Waals surface area contributed by atoms with Gasteiger partial charge in [-0.3, -0.25) is 0 Å². The first-order valence-corrected chi connectivity index (χ1v) is 8.69. The van der Waals surface area contributed by atoms with Gasteiger partial charge in [-0.25, -0.2) is 4.98 Å². The Bertz CT molecular complexity index is 1010. The summed E-state index contributed by atoms with van der Waals surface area (Å²) in [5, 5.41) is 4.01. The fourth-order valence-corrected chi connectivity index (χ4v) is 2.97. The fraction of sp³-hybridized carbons (Fsp3) is 0.250. The normalized spacial score (nSPS) is 12.4. The zero-order valence-electron chi connectivity index (χ0n) is 15.0. The van der Waals surface area contributed by atoms with Crippen LogP contribution in [0, 0.1) is 6.92 Å². The molecule has 1 atom stereocenters. The van der Waals surface area contributed by atoms with Crippen LogP contribution in [0.25, 0.3) is 22.7 Å². The number of imidazole rings is 1. The minimum absolute atomic E-state index is 0.159. The van der Waals surface area contributed by atoms with Crippen molar-refractivity contribution in [2.75, 3.05) is 0 Å². The fourth-order valence-electron chi connectivity index (χ4n) is 2.97. The van der Waals surface area contributed by atoms with Gasteiger partial charge >= 0.3 is 0 Å². The Morgan fingerprint density at radius 3 is 2.58 bits per heavy atom. The van der Waals surface area contributed by atoms with Crippen LogP contribution in [-0.2, 0) is 6.42 Å². The summed E-state index contributed by atoms with van der Waals surface area (Å²) in [7, 11) is 0. The summed E-state index contributed by atoms with van der Waals surface area (Å²) in [6.45, 7) is 5.95. The second-order valence-corrected chi connectivity index (χ2v) is 6.20. The van der Waals surface area contributed by atoms with Gasteiger partial charge in [0.15, 0.2) is 11.6 Å². The van der Waals surface area contributed by atoms with Crippen molar-refractivity contribution in [3.63, 3.8) is 0 Å². The van der Waals surface area contributed by atoms with Crippen molar-refractivity contribution in [2.24, 2.45) is 0 Å². The van der Waals surface area contributed by atoms with E-state index < -0.39 is 0 Å². The highest BCUT2D eigenvalue weighted by Gasteiger charge is 2.24. The van der Waals surface area contributed by atoms with Crippen LogP contribution in [-0.4, -0.2) is 19.7 Å². The Morgan fingerprint density at radius 2 is 1.92 bits per heavy atom. The molecule has 1 aromatic carbocycles. The SMILES string of the molecule is CCc1noc([C@H](C)n2cnc(-c3ccccc3)c2-c2ccc(C)o2)n1. The van der Waals surface area contributed by atoms with Crippen LogP contribution in [0.3, 0.4) is 0 Å². The second kappa shape index (κ2) is 6.63. The van der Waals surface area contributed by atoms with E-state index in [9.17, 15) is 0 Å². The summed E-state index contributed by atoms with van der Waals surface area (Å²) in [4.78, 5) is 9.13. The average Bonchev–Trinajstić information content (AvgIpc) is 3.40. The molecular formula is C20H20N4O2. The molecule has 26 heavy (non-hydrogen) atoms. The highest BCUT2D eigenvalue weighted by molar-refractivity contribution is 5.76. The third-order valence-electron chi connectivity index (χ3n) is 4.39. The standard InChI is InChI=1S/C20H20N4O2/c1-4-17-22-20(26-23-17)14(3)24-12-21-18(15-8-6-5-7-9-15)19(24)16-11-10-13(2)25-16/h5-12,14H,4H2,1-3H3/t14-/m0/s1. The molecule has 132 valence electrons. The molecule has 0 fully saturated rings. The highest BCUT2D eigenvalue weighted by atomic mass is 16.5. The molecule has 3 aromatic heterocycles. The van der Waals surface area contributed by atoms with Gasteiger partial charge in [0.05, 0.1) is 12.0 Å². The highest BCUT2D eigenvalue weighted by Crippen LogP contribution is 2.35. The van der Waals surface area contributed by atoms with E-state index in [1.807, 2.05) is 67.8 Å². The number of benzene rings is 1. The molecule has 6 heteroatoms. The summed E-state index contributed by atoms with van der Waals surface area (Å²) in [6, 6.07) is 13.8. The second-order valence-electron chi connectivity index (χ2n) is 6.20. The molecule has 0 radical (unpaired) electrons. The number of hydrogen-bond donors (Lipinski definition) is 0. The molecule has 4 rings (SSSR count). The maximum atomic E-state index is 5.92. The molecule has 3 heterocycles. The molecule has 0 N–H and O–H groups in total. The van der Waals surface area contributed by atoms with Crippen molar-refractivity contribution in [1.29, 1.82) is 0 Å². The van der Waals surface area contributed by atoms with E-state index in [1.165, 1.54) is 0 Å². The summed E-state index contributed by atoms with van der Waals surface area (Å²) in [5.41, 5.74) is 2.79. The topological polar surface area (TPSA) is 69.9 Å². The van der Waals surface area contributed by atoms with Crippen molar-refractivity contribution in [3.8, 4) is 22.7 Å². The van der Waals surface area contributed by atoms with Gasteiger partial charge in [0, 0.05) is 12.0 Å². The van der Waals surface area contributed by atoms with Crippen LogP contribution in [0.5, 0.6) is 0 Å². The largest absolute Gasteiger partial charge is 0.460 e. The summed E-state index contributed by atoms with van der Waals surface area (Å²) < 4.78 is 13.4. The molecule has 0 aliphatic carbocycles. The van der Waals surface area contributed by atoms with Gasteiger partial charge in [-0.15, -0.1) is 0 Å². The molecule has 0 bridgehead atoms. The lowest BCUT2D eigenvalue weighted by Gasteiger charge is -2.13. The van der Waals surface area contributed by atoms with E-state index >= 15 is 0 Å². The molecule has 6 nitrogen and oxygen atoms in total. The predicted molar refractivity (Wildman–Crippen MR) is 97.6 cm³/mol. The van der Waals surface area contributed by atoms with Gasteiger partial charge < -0.3 is 13.5 Å². The number of furan rings is 1. The Hall–Kier alpha value is -3.15. The van der Waals surface area contributed by atoms with Crippen LogP contribution in [0.15, 0.2) is 57.7 Å². The first-order valence-electron chi connectivity index (χ1n) is 8.69. The Labute approximate surface area is 151 Å². The van der Waals surface area contributed by atoms with Crippen LogP contribution in [0.2, 0.25) is 0 Å². The third-order valence-corrected chi connectivity index (χ3v) is 4.39. The van der Waals surface area contributed by atoms with E-state index in [4.69, 9.17) is 8.94 Å². The molecule has 0 aliphatic heterocycles. The number of aryl methyl sites for hydroxylation is 2. The minimum Gasteiger partial charge on any atom is -0.460 e. The van der Waals surface area contributed by atoms with Crippen LogP contribution in [0.1, 0.15) is 37.4 Å². The van der Waals surface area contributed by atoms with Crippen molar-refractivity contribution < 1.29 is 8.94 Å². The van der Waals surface area contributed by atoms with E-state index in [0.29, 0.717) is 11.7 Å². The van der Waals surface area contributed by atoms with Crippen LogP contribution in [0.4, 0.5) is 0 Å². The Kier molecular flexibility index (Phi) is 4.16. The van der Waals surface area contributed by atoms with E-state index in [1.54, 1.807) is 6.33 Å².